The SMILES string of the molecule is CC(C)CC1NC(=O)C(C)N(CC2CCSC2)C1=O. The molecule has 2 heterocycles. The molecular formula is C14H24N2O2S. The molecule has 2 aliphatic heterocycles. The van der Waals surface area contributed by atoms with Crippen LogP contribution >= 0.6 is 11.8 Å². The van der Waals surface area contributed by atoms with Crippen LogP contribution in [-0.2, 0) is 9.59 Å². The summed E-state index contributed by atoms with van der Waals surface area (Å²) in [5.74, 6) is 3.37. The molecule has 1 N–H and O–H groups in total. The molecular weight excluding hydrogens is 260 g/mol. The number of thioether (sulfide) groups is 1. The quantitative estimate of drug-likeness (QED) is 0.851. The summed E-state index contributed by atoms with van der Waals surface area (Å²) in [6.45, 7) is 6.74. The summed E-state index contributed by atoms with van der Waals surface area (Å²) in [7, 11) is 0. The highest BCUT2D eigenvalue weighted by Crippen LogP contribution is 2.26. The fourth-order valence-corrected chi connectivity index (χ4v) is 4.04. The maximum Gasteiger partial charge on any atom is 0.245 e. The summed E-state index contributed by atoms with van der Waals surface area (Å²) in [5, 5.41) is 2.87. The molecule has 0 aliphatic carbocycles. The van der Waals surface area contributed by atoms with Gasteiger partial charge in [-0.05, 0) is 43.1 Å². The molecule has 0 bridgehead atoms. The number of piperazine rings is 1. The van der Waals surface area contributed by atoms with Crippen LogP contribution in [0.3, 0.4) is 0 Å². The maximum atomic E-state index is 12.5. The van der Waals surface area contributed by atoms with E-state index in [2.05, 4.69) is 19.2 Å². The van der Waals surface area contributed by atoms with Crippen LogP contribution in [0.15, 0.2) is 0 Å². The van der Waals surface area contributed by atoms with E-state index in [9.17, 15) is 9.59 Å². The minimum Gasteiger partial charge on any atom is -0.343 e. The molecule has 0 radical (unpaired) electrons. The van der Waals surface area contributed by atoms with Gasteiger partial charge in [0, 0.05) is 6.54 Å². The Labute approximate surface area is 119 Å². The van der Waals surface area contributed by atoms with Crippen molar-refractivity contribution in [3.63, 3.8) is 0 Å². The van der Waals surface area contributed by atoms with Crippen LogP contribution in [0.5, 0.6) is 0 Å². The second-order valence-corrected chi connectivity index (χ2v) is 7.24. The summed E-state index contributed by atoms with van der Waals surface area (Å²) in [5.41, 5.74) is 0. The van der Waals surface area contributed by atoms with Gasteiger partial charge < -0.3 is 10.2 Å². The Morgan fingerprint density at radius 1 is 1.42 bits per heavy atom. The van der Waals surface area contributed by atoms with E-state index in [1.807, 2.05) is 23.6 Å². The average molecular weight is 284 g/mol. The van der Waals surface area contributed by atoms with Gasteiger partial charge in [0.05, 0.1) is 0 Å². The van der Waals surface area contributed by atoms with E-state index >= 15 is 0 Å². The number of carbonyl (C=O) groups is 2. The number of amides is 2. The minimum atomic E-state index is -0.322. The first kappa shape index (κ1) is 14.7. The Morgan fingerprint density at radius 3 is 2.74 bits per heavy atom. The number of rotatable bonds is 4. The molecule has 3 unspecified atom stereocenters. The molecule has 2 amide bonds. The largest absolute Gasteiger partial charge is 0.343 e. The zero-order valence-electron chi connectivity index (χ0n) is 12.0. The molecule has 4 nitrogen and oxygen atoms in total. The monoisotopic (exact) mass is 284 g/mol. The van der Waals surface area contributed by atoms with Gasteiger partial charge in [-0.1, -0.05) is 13.8 Å². The number of nitrogens with one attached hydrogen (secondary N) is 1. The first-order valence-electron chi connectivity index (χ1n) is 7.17. The van der Waals surface area contributed by atoms with Crippen LogP contribution in [0, 0.1) is 11.8 Å². The lowest BCUT2D eigenvalue weighted by Crippen LogP contribution is -2.63. The van der Waals surface area contributed by atoms with E-state index in [0.29, 0.717) is 11.8 Å². The highest BCUT2D eigenvalue weighted by Gasteiger charge is 2.39. The summed E-state index contributed by atoms with van der Waals surface area (Å²) >= 11 is 1.95. The van der Waals surface area contributed by atoms with Gasteiger partial charge in [-0.25, -0.2) is 0 Å². The first-order chi connectivity index (χ1) is 8.99. The average Bonchev–Trinajstić information content (AvgIpc) is 2.84. The molecule has 0 aromatic carbocycles. The molecule has 2 rings (SSSR count). The zero-order chi connectivity index (χ0) is 14.0. The Bertz CT molecular complexity index is 353. The van der Waals surface area contributed by atoms with Gasteiger partial charge in [-0.15, -0.1) is 0 Å². The van der Waals surface area contributed by atoms with E-state index < -0.39 is 0 Å². The predicted octanol–water partition coefficient (Wildman–Crippen LogP) is 1.50. The van der Waals surface area contributed by atoms with E-state index in [-0.39, 0.29) is 23.9 Å². The minimum absolute atomic E-state index is 0.00380. The van der Waals surface area contributed by atoms with E-state index in [4.69, 9.17) is 0 Å². The van der Waals surface area contributed by atoms with Crippen LogP contribution in [0.4, 0.5) is 0 Å². The van der Waals surface area contributed by atoms with Gasteiger partial charge >= 0.3 is 0 Å². The molecule has 19 heavy (non-hydrogen) atoms. The highest BCUT2D eigenvalue weighted by molar-refractivity contribution is 7.99. The van der Waals surface area contributed by atoms with E-state index in [1.54, 1.807) is 0 Å². The van der Waals surface area contributed by atoms with Crippen LogP contribution in [0.2, 0.25) is 0 Å². The van der Waals surface area contributed by atoms with Crippen molar-refractivity contribution >= 4 is 23.6 Å². The van der Waals surface area contributed by atoms with Crippen LogP contribution < -0.4 is 5.32 Å². The lowest BCUT2D eigenvalue weighted by atomic mass is 9.97. The second-order valence-electron chi connectivity index (χ2n) is 6.09. The molecule has 0 saturated carbocycles. The summed E-state index contributed by atoms with van der Waals surface area (Å²) in [6.07, 6.45) is 1.89. The molecule has 0 aromatic rings. The normalized spacial score (nSPS) is 32.0. The Balaban J connectivity index is 2.04. The Hall–Kier alpha value is -0.710. The standard InChI is InChI=1S/C14H24N2O2S/c1-9(2)6-12-14(18)16(10(3)13(17)15-12)7-11-4-5-19-8-11/h9-12H,4-8H2,1-3H3,(H,15,17). The second kappa shape index (κ2) is 6.16. The highest BCUT2D eigenvalue weighted by atomic mass is 32.2. The number of hydrogen-bond donors (Lipinski definition) is 1. The third-order valence-electron chi connectivity index (χ3n) is 3.93. The maximum absolute atomic E-state index is 12.5. The number of nitrogens with zero attached hydrogens (tertiary/aromatic N) is 1. The van der Waals surface area contributed by atoms with Crippen LogP contribution in [0.1, 0.15) is 33.6 Å². The fraction of sp³-hybridized carbons (Fsp3) is 0.857. The van der Waals surface area contributed by atoms with Crippen LogP contribution in [0.25, 0.3) is 0 Å². The molecule has 2 fully saturated rings. The third kappa shape index (κ3) is 3.44. The van der Waals surface area contributed by atoms with Crippen molar-refractivity contribution in [2.75, 3.05) is 18.1 Å². The zero-order valence-corrected chi connectivity index (χ0v) is 12.8. The van der Waals surface area contributed by atoms with Crippen molar-refractivity contribution in [3.8, 4) is 0 Å². The molecule has 108 valence electrons. The molecule has 2 aliphatic rings. The lowest BCUT2D eigenvalue weighted by Gasteiger charge is -2.39. The Morgan fingerprint density at radius 2 is 2.16 bits per heavy atom. The number of carbonyl (C=O) groups excluding carboxylic acids is 2. The predicted molar refractivity (Wildman–Crippen MR) is 78.0 cm³/mol. The van der Waals surface area contributed by atoms with Crippen molar-refractivity contribution in [3.05, 3.63) is 0 Å². The van der Waals surface area contributed by atoms with Gasteiger partial charge in [0.2, 0.25) is 11.8 Å². The van der Waals surface area contributed by atoms with Crippen molar-refractivity contribution in [1.29, 1.82) is 0 Å². The summed E-state index contributed by atoms with van der Waals surface area (Å²) in [6, 6.07) is -0.640. The molecule has 5 heteroatoms. The van der Waals surface area contributed by atoms with Crippen molar-refractivity contribution in [1.82, 2.24) is 10.2 Å². The topological polar surface area (TPSA) is 49.4 Å². The van der Waals surface area contributed by atoms with Crippen molar-refractivity contribution in [2.24, 2.45) is 11.8 Å². The first-order valence-corrected chi connectivity index (χ1v) is 8.33. The Kier molecular flexibility index (Phi) is 4.76. The number of hydrogen-bond acceptors (Lipinski definition) is 3. The van der Waals surface area contributed by atoms with E-state index in [0.717, 1.165) is 25.1 Å². The molecule has 2 saturated heterocycles. The van der Waals surface area contributed by atoms with Gasteiger partial charge in [0.25, 0.3) is 0 Å². The van der Waals surface area contributed by atoms with Crippen molar-refractivity contribution < 1.29 is 9.59 Å². The summed E-state index contributed by atoms with van der Waals surface area (Å²) < 4.78 is 0. The third-order valence-corrected chi connectivity index (χ3v) is 5.16. The van der Waals surface area contributed by atoms with Gasteiger partial charge in [-0.3, -0.25) is 9.59 Å². The molecule has 0 spiro atoms. The van der Waals surface area contributed by atoms with Gasteiger partial charge in [0.1, 0.15) is 12.1 Å². The molecule has 0 aromatic heterocycles. The van der Waals surface area contributed by atoms with E-state index in [1.165, 1.54) is 5.75 Å². The van der Waals surface area contributed by atoms with Crippen molar-refractivity contribution in [2.45, 2.75) is 45.7 Å². The lowest BCUT2D eigenvalue weighted by molar-refractivity contribution is -0.149. The van der Waals surface area contributed by atoms with Gasteiger partial charge in [-0.2, -0.15) is 11.8 Å². The van der Waals surface area contributed by atoms with Crippen LogP contribution in [-0.4, -0.2) is 46.8 Å². The fourth-order valence-electron chi connectivity index (χ4n) is 2.77. The smallest absolute Gasteiger partial charge is 0.245 e. The summed E-state index contributed by atoms with van der Waals surface area (Å²) in [4.78, 5) is 26.3. The van der Waals surface area contributed by atoms with Gasteiger partial charge in [0.15, 0.2) is 0 Å². The molecule has 3 atom stereocenters.